The molecule has 0 aliphatic carbocycles. The summed E-state index contributed by atoms with van der Waals surface area (Å²) in [7, 11) is 1.94. The van der Waals surface area contributed by atoms with E-state index in [9.17, 15) is 0 Å². The van der Waals surface area contributed by atoms with Crippen LogP contribution in [0.25, 0.3) is 22.0 Å². The first kappa shape index (κ1) is 11.8. The lowest BCUT2D eigenvalue weighted by Gasteiger charge is -2.07. The van der Waals surface area contributed by atoms with Crippen molar-refractivity contribution < 1.29 is 0 Å². The molecular formula is C16H15N3. The van der Waals surface area contributed by atoms with Gasteiger partial charge in [0.25, 0.3) is 0 Å². The largest absolute Gasteiger partial charge is 0.316 e. The molecule has 1 N–H and O–H groups in total. The maximum atomic E-state index is 4.39. The van der Waals surface area contributed by atoms with Crippen molar-refractivity contribution in [3.05, 3.63) is 60.6 Å². The van der Waals surface area contributed by atoms with E-state index in [0.29, 0.717) is 0 Å². The van der Waals surface area contributed by atoms with Gasteiger partial charge in [0.2, 0.25) is 0 Å². The summed E-state index contributed by atoms with van der Waals surface area (Å²) < 4.78 is 0. The highest BCUT2D eigenvalue weighted by Gasteiger charge is 2.05. The number of benzene rings is 1. The van der Waals surface area contributed by atoms with Gasteiger partial charge < -0.3 is 5.32 Å². The molecule has 0 bridgehead atoms. The predicted octanol–water partition coefficient (Wildman–Crippen LogP) is 3.02. The first-order valence-corrected chi connectivity index (χ1v) is 6.31. The molecule has 3 aromatic rings. The van der Waals surface area contributed by atoms with Gasteiger partial charge in [0.15, 0.2) is 0 Å². The molecule has 0 fully saturated rings. The van der Waals surface area contributed by atoms with Gasteiger partial charge in [-0.25, -0.2) is 0 Å². The van der Waals surface area contributed by atoms with Crippen molar-refractivity contribution in [1.29, 1.82) is 0 Å². The van der Waals surface area contributed by atoms with E-state index in [1.807, 2.05) is 43.8 Å². The molecule has 0 aliphatic rings. The second-order valence-corrected chi connectivity index (χ2v) is 4.49. The van der Waals surface area contributed by atoms with Crippen LogP contribution in [0.2, 0.25) is 0 Å². The average molecular weight is 249 g/mol. The van der Waals surface area contributed by atoms with E-state index >= 15 is 0 Å². The topological polar surface area (TPSA) is 37.8 Å². The zero-order chi connectivity index (χ0) is 13.1. The van der Waals surface area contributed by atoms with Crippen LogP contribution in [0, 0.1) is 0 Å². The molecule has 0 spiro atoms. The first-order chi connectivity index (χ1) is 9.38. The Hall–Kier alpha value is -2.26. The van der Waals surface area contributed by atoms with Crippen molar-refractivity contribution in [3.8, 4) is 11.1 Å². The maximum absolute atomic E-state index is 4.39. The molecule has 3 rings (SSSR count). The Morgan fingerprint density at radius 2 is 2.05 bits per heavy atom. The Morgan fingerprint density at radius 3 is 2.95 bits per heavy atom. The Morgan fingerprint density at radius 1 is 1.11 bits per heavy atom. The van der Waals surface area contributed by atoms with Crippen molar-refractivity contribution in [2.24, 2.45) is 0 Å². The van der Waals surface area contributed by atoms with Crippen LogP contribution in [-0.4, -0.2) is 17.0 Å². The normalized spacial score (nSPS) is 10.8. The monoisotopic (exact) mass is 249 g/mol. The van der Waals surface area contributed by atoms with Gasteiger partial charge in [-0.15, -0.1) is 0 Å². The van der Waals surface area contributed by atoms with Crippen molar-refractivity contribution in [3.63, 3.8) is 0 Å². The van der Waals surface area contributed by atoms with E-state index in [0.717, 1.165) is 23.0 Å². The standard InChI is InChI=1S/C16H15N3/c1-17-9-12-8-13(11-18-10-12)14-4-2-6-16-15(14)5-3-7-19-16/h2-8,10-11,17H,9H2,1H3. The number of nitrogens with zero attached hydrogens (tertiary/aromatic N) is 2. The Kier molecular flexibility index (Phi) is 3.21. The van der Waals surface area contributed by atoms with Crippen LogP contribution in [0.15, 0.2) is 55.0 Å². The quantitative estimate of drug-likeness (QED) is 0.775. The summed E-state index contributed by atoms with van der Waals surface area (Å²) in [4.78, 5) is 8.72. The zero-order valence-electron chi connectivity index (χ0n) is 10.8. The molecule has 0 saturated heterocycles. The highest BCUT2D eigenvalue weighted by molar-refractivity contribution is 5.94. The molecule has 2 heterocycles. The molecule has 0 aliphatic heterocycles. The van der Waals surface area contributed by atoms with Gasteiger partial charge in [-0.05, 0) is 36.4 Å². The lowest BCUT2D eigenvalue weighted by Crippen LogP contribution is -2.05. The Balaban J connectivity index is 2.16. The van der Waals surface area contributed by atoms with Crippen molar-refractivity contribution in [1.82, 2.24) is 15.3 Å². The molecule has 3 heteroatoms. The van der Waals surface area contributed by atoms with Gasteiger partial charge in [-0.2, -0.15) is 0 Å². The van der Waals surface area contributed by atoms with E-state index in [-0.39, 0.29) is 0 Å². The minimum absolute atomic E-state index is 0.823. The molecule has 1 aromatic carbocycles. The van der Waals surface area contributed by atoms with E-state index < -0.39 is 0 Å². The van der Waals surface area contributed by atoms with Crippen LogP contribution in [0.3, 0.4) is 0 Å². The number of rotatable bonds is 3. The Bertz CT molecular complexity index is 702. The highest BCUT2D eigenvalue weighted by atomic mass is 14.8. The summed E-state index contributed by atoms with van der Waals surface area (Å²) in [6.45, 7) is 0.823. The summed E-state index contributed by atoms with van der Waals surface area (Å²) in [5, 5.41) is 4.31. The molecular weight excluding hydrogens is 234 g/mol. The van der Waals surface area contributed by atoms with Crippen molar-refractivity contribution in [2.45, 2.75) is 6.54 Å². The van der Waals surface area contributed by atoms with Crippen LogP contribution in [-0.2, 0) is 6.54 Å². The summed E-state index contributed by atoms with van der Waals surface area (Å²) in [6.07, 6.45) is 5.62. The van der Waals surface area contributed by atoms with Crippen molar-refractivity contribution in [2.75, 3.05) is 7.05 Å². The van der Waals surface area contributed by atoms with E-state index in [4.69, 9.17) is 0 Å². The van der Waals surface area contributed by atoms with Crippen LogP contribution in [0.1, 0.15) is 5.56 Å². The number of hydrogen-bond donors (Lipinski definition) is 1. The fourth-order valence-corrected chi connectivity index (χ4v) is 2.29. The molecule has 0 amide bonds. The number of pyridine rings is 2. The summed E-state index contributed by atoms with van der Waals surface area (Å²) in [5.74, 6) is 0. The molecule has 19 heavy (non-hydrogen) atoms. The van der Waals surface area contributed by atoms with Crippen LogP contribution >= 0.6 is 0 Å². The minimum atomic E-state index is 0.823. The third-order valence-corrected chi connectivity index (χ3v) is 3.13. The molecule has 94 valence electrons. The van der Waals surface area contributed by atoms with Gasteiger partial charge in [0, 0.05) is 36.1 Å². The lowest BCUT2D eigenvalue weighted by molar-refractivity contribution is 0.814. The van der Waals surface area contributed by atoms with Gasteiger partial charge in [0.05, 0.1) is 5.52 Å². The number of fused-ring (bicyclic) bond motifs is 1. The van der Waals surface area contributed by atoms with E-state index in [2.05, 4.69) is 33.5 Å². The lowest BCUT2D eigenvalue weighted by atomic mass is 10.0. The zero-order valence-corrected chi connectivity index (χ0v) is 10.8. The van der Waals surface area contributed by atoms with Gasteiger partial charge in [-0.3, -0.25) is 9.97 Å². The summed E-state index contributed by atoms with van der Waals surface area (Å²) in [5.41, 5.74) is 4.50. The molecule has 0 saturated carbocycles. The summed E-state index contributed by atoms with van der Waals surface area (Å²) in [6, 6.07) is 12.4. The van der Waals surface area contributed by atoms with Gasteiger partial charge in [0.1, 0.15) is 0 Å². The maximum Gasteiger partial charge on any atom is 0.0708 e. The third kappa shape index (κ3) is 2.33. The molecule has 0 radical (unpaired) electrons. The SMILES string of the molecule is CNCc1cncc(-c2cccc3ncccc23)c1. The smallest absolute Gasteiger partial charge is 0.0708 e. The second kappa shape index (κ2) is 5.16. The van der Waals surface area contributed by atoms with Crippen molar-refractivity contribution >= 4 is 10.9 Å². The molecule has 3 nitrogen and oxygen atoms in total. The Labute approximate surface area is 112 Å². The highest BCUT2D eigenvalue weighted by Crippen LogP contribution is 2.27. The molecule has 0 atom stereocenters. The first-order valence-electron chi connectivity index (χ1n) is 6.31. The number of hydrogen-bond acceptors (Lipinski definition) is 3. The van der Waals surface area contributed by atoms with Crippen LogP contribution in [0.4, 0.5) is 0 Å². The minimum Gasteiger partial charge on any atom is -0.316 e. The second-order valence-electron chi connectivity index (χ2n) is 4.49. The third-order valence-electron chi connectivity index (χ3n) is 3.13. The van der Waals surface area contributed by atoms with Crippen LogP contribution < -0.4 is 5.32 Å². The number of nitrogens with one attached hydrogen (secondary N) is 1. The summed E-state index contributed by atoms with van der Waals surface area (Å²) >= 11 is 0. The fraction of sp³-hybridized carbons (Fsp3) is 0.125. The van der Waals surface area contributed by atoms with Gasteiger partial charge in [-0.1, -0.05) is 18.2 Å². The van der Waals surface area contributed by atoms with Gasteiger partial charge >= 0.3 is 0 Å². The van der Waals surface area contributed by atoms with Crippen LogP contribution in [0.5, 0.6) is 0 Å². The predicted molar refractivity (Wildman–Crippen MR) is 77.7 cm³/mol. The fourth-order valence-electron chi connectivity index (χ4n) is 2.29. The number of aromatic nitrogens is 2. The van der Waals surface area contributed by atoms with E-state index in [1.165, 1.54) is 11.1 Å². The molecule has 2 aromatic heterocycles. The average Bonchev–Trinajstić information content (AvgIpc) is 2.47. The molecule has 0 unspecified atom stereocenters. The van der Waals surface area contributed by atoms with E-state index in [1.54, 1.807) is 0 Å².